The van der Waals surface area contributed by atoms with Crippen LogP contribution in [0.25, 0.3) is 10.9 Å². The van der Waals surface area contributed by atoms with Gasteiger partial charge in [-0.2, -0.15) is 18.3 Å². The standard InChI is InChI=1S/C18H16F4N2O/c1-10(8-16(25)11-2-5-13(19)6-3-11)17-14-9-12(18(20,21)22)4-7-15(14)23-24-17/h2-7,9-10,16,25H,8H2,1H3,(H,23,24). The molecule has 0 saturated carbocycles. The molecule has 2 unspecified atom stereocenters. The molecular weight excluding hydrogens is 336 g/mol. The van der Waals surface area contributed by atoms with Gasteiger partial charge in [-0.3, -0.25) is 5.10 Å². The van der Waals surface area contributed by atoms with E-state index in [9.17, 15) is 22.7 Å². The first-order valence-electron chi connectivity index (χ1n) is 7.74. The van der Waals surface area contributed by atoms with Crippen molar-refractivity contribution in [3.8, 4) is 0 Å². The number of rotatable bonds is 4. The van der Waals surface area contributed by atoms with Gasteiger partial charge in [0.2, 0.25) is 0 Å². The molecule has 0 aliphatic heterocycles. The third-order valence-corrected chi connectivity index (χ3v) is 4.22. The summed E-state index contributed by atoms with van der Waals surface area (Å²) in [6.07, 6.45) is -5.05. The summed E-state index contributed by atoms with van der Waals surface area (Å²) in [6.45, 7) is 1.78. The summed E-state index contributed by atoms with van der Waals surface area (Å²) in [5, 5.41) is 17.5. The van der Waals surface area contributed by atoms with Crippen molar-refractivity contribution in [1.29, 1.82) is 0 Å². The number of hydrogen-bond donors (Lipinski definition) is 2. The zero-order valence-electron chi connectivity index (χ0n) is 13.3. The average Bonchev–Trinajstić information content (AvgIpc) is 2.97. The molecular formula is C18H16F4N2O. The third-order valence-electron chi connectivity index (χ3n) is 4.22. The molecule has 0 radical (unpaired) electrons. The van der Waals surface area contributed by atoms with Gasteiger partial charge in [-0.25, -0.2) is 4.39 Å². The van der Waals surface area contributed by atoms with Gasteiger partial charge in [0, 0.05) is 11.3 Å². The highest BCUT2D eigenvalue weighted by molar-refractivity contribution is 5.82. The van der Waals surface area contributed by atoms with E-state index >= 15 is 0 Å². The molecule has 2 atom stereocenters. The van der Waals surface area contributed by atoms with Crippen LogP contribution < -0.4 is 0 Å². The molecule has 0 aliphatic carbocycles. The largest absolute Gasteiger partial charge is 0.416 e. The Morgan fingerprint density at radius 1 is 1.12 bits per heavy atom. The molecule has 0 amide bonds. The molecule has 7 heteroatoms. The van der Waals surface area contributed by atoms with E-state index in [1.807, 2.05) is 0 Å². The number of aromatic amines is 1. The lowest BCUT2D eigenvalue weighted by Gasteiger charge is -2.16. The Balaban J connectivity index is 1.86. The van der Waals surface area contributed by atoms with Crippen molar-refractivity contribution in [3.05, 3.63) is 65.1 Å². The summed E-state index contributed by atoms with van der Waals surface area (Å²) in [7, 11) is 0. The molecule has 1 heterocycles. The van der Waals surface area contributed by atoms with Crippen LogP contribution in [0.3, 0.4) is 0 Å². The topological polar surface area (TPSA) is 48.9 Å². The van der Waals surface area contributed by atoms with Gasteiger partial charge in [-0.15, -0.1) is 0 Å². The minimum Gasteiger partial charge on any atom is -0.388 e. The molecule has 0 fully saturated rings. The molecule has 0 saturated heterocycles. The molecule has 2 N–H and O–H groups in total. The van der Waals surface area contributed by atoms with E-state index < -0.39 is 23.7 Å². The monoisotopic (exact) mass is 352 g/mol. The zero-order chi connectivity index (χ0) is 18.2. The lowest BCUT2D eigenvalue weighted by atomic mass is 9.93. The minimum absolute atomic E-state index is 0.252. The molecule has 2 aromatic carbocycles. The van der Waals surface area contributed by atoms with Gasteiger partial charge in [-0.1, -0.05) is 19.1 Å². The normalized spacial score (nSPS) is 14.6. The molecule has 3 aromatic rings. The fourth-order valence-corrected chi connectivity index (χ4v) is 2.85. The van der Waals surface area contributed by atoms with Crippen LogP contribution in [0.1, 0.15) is 42.2 Å². The van der Waals surface area contributed by atoms with Crippen molar-refractivity contribution >= 4 is 10.9 Å². The van der Waals surface area contributed by atoms with Gasteiger partial charge in [0.25, 0.3) is 0 Å². The molecule has 0 aliphatic rings. The molecule has 132 valence electrons. The van der Waals surface area contributed by atoms with E-state index in [-0.39, 0.29) is 12.3 Å². The fourth-order valence-electron chi connectivity index (χ4n) is 2.85. The molecule has 3 rings (SSSR count). The second-order valence-electron chi connectivity index (χ2n) is 6.07. The number of nitrogens with zero attached hydrogens (tertiary/aromatic N) is 1. The van der Waals surface area contributed by atoms with Gasteiger partial charge in [0.1, 0.15) is 5.82 Å². The van der Waals surface area contributed by atoms with E-state index in [2.05, 4.69) is 10.2 Å². The summed E-state index contributed by atoms with van der Waals surface area (Å²) >= 11 is 0. The predicted octanol–water partition coefficient (Wildman–Crippen LogP) is 4.95. The Morgan fingerprint density at radius 2 is 1.80 bits per heavy atom. The Kier molecular flexibility index (Phi) is 4.51. The van der Waals surface area contributed by atoms with Crippen LogP contribution in [-0.4, -0.2) is 15.3 Å². The van der Waals surface area contributed by atoms with Crippen molar-refractivity contribution in [2.75, 3.05) is 0 Å². The summed E-state index contributed by atoms with van der Waals surface area (Å²) in [5.74, 6) is -0.695. The first kappa shape index (κ1) is 17.4. The zero-order valence-corrected chi connectivity index (χ0v) is 13.3. The van der Waals surface area contributed by atoms with Crippen molar-refractivity contribution in [2.24, 2.45) is 0 Å². The molecule has 25 heavy (non-hydrogen) atoms. The number of H-pyrrole nitrogens is 1. The molecule has 0 bridgehead atoms. The van der Waals surface area contributed by atoms with Gasteiger partial charge >= 0.3 is 6.18 Å². The van der Waals surface area contributed by atoms with E-state index in [1.165, 1.54) is 30.3 Å². The van der Waals surface area contributed by atoms with Crippen LogP contribution in [0.15, 0.2) is 42.5 Å². The number of aliphatic hydroxyl groups excluding tert-OH is 1. The molecule has 1 aromatic heterocycles. The summed E-state index contributed by atoms with van der Waals surface area (Å²) in [5.41, 5.74) is 0.770. The van der Waals surface area contributed by atoms with E-state index in [0.29, 0.717) is 22.2 Å². The van der Waals surface area contributed by atoms with Gasteiger partial charge < -0.3 is 5.11 Å². The average molecular weight is 352 g/mol. The number of benzene rings is 2. The lowest BCUT2D eigenvalue weighted by molar-refractivity contribution is -0.137. The van der Waals surface area contributed by atoms with Crippen LogP contribution in [0.4, 0.5) is 17.6 Å². The number of aliphatic hydroxyl groups is 1. The first-order valence-corrected chi connectivity index (χ1v) is 7.74. The van der Waals surface area contributed by atoms with Crippen LogP contribution in [0.2, 0.25) is 0 Å². The van der Waals surface area contributed by atoms with E-state index in [4.69, 9.17) is 0 Å². The van der Waals surface area contributed by atoms with Crippen LogP contribution in [0, 0.1) is 5.82 Å². The highest BCUT2D eigenvalue weighted by atomic mass is 19.4. The van der Waals surface area contributed by atoms with Crippen molar-refractivity contribution in [2.45, 2.75) is 31.5 Å². The lowest BCUT2D eigenvalue weighted by Crippen LogP contribution is -2.06. The van der Waals surface area contributed by atoms with Crippen LogP contribution >= 0.6 is 0 Å². The molecule has 3 nitrogen and oxygen atoms in total. The van der Waals surface area contributed by atoms with Gasteiger partial charge in [-0.05, 0) is 42.3 Å². The highest BCUT2D eigenvalue weighted by Crippen LogP contribution is 2.35. The Hall–Kier alpha value is -2.41. The maximum Gasteiger partial charge on any atom is 0.416 e. The van der Waals surface area contributed by atoms with Crippen LogP contribution in [0.5, 0.6) is 0 Å². The number of aromatic nitrogens is 2. The Bertz CT molecular complexity index is 871. The first-order chi connectivity index (χ1) is 11.8. The second kappa shape index (κ2) is 6.48. The smallest absolute Gasteiger partial charge is 0.388 e. The Labute approximate surface area is 141 Å². The summed E-state index contributed by atoms with van der Waals surface area (Å²) in [6, 6.07) is 8.88. The van der Waals surface area contributed by atoms with Gasteiger partial charge in [0.15, 0.2) is 0 Å². The quantitative estimate of drug-likeness (QED) is 0.653. The number of fused-ring (bicyclic) bond motifs is 1. The SMILES string of the molecule is CC(CC(O)c1ccc(F)cc1)c1n[nH]c2ccc(C(F)(F)F)cc12. The number of nitrogens with one attached hydrogen (secondary N) is 1. The summed E-state index contributed by atoms with van der Waals surface area (Å²) in [4.78, 5) is 0. The van der Waals surface area contributed by atoms with E-state index in [1.54, 1.807) is 6.92 Å². The predicted molar refractivity (Wildman–Crippen MR) is 85.5 cm³/mol. The number of halogens is 4. The van der Waals surface area contributed by atoms with Crippen molar-refractivity contribution in [1.82, 2.24) is 10.2 Å². The Morgan fingerprint density at radius 3 is 2.44 bits per heavy atom. The number of hydrogen-bond acceptors (Lipinski definition) is 2. The molecule has 0 spiro atoms. The third kappa shape index (κ3) is 3.66. The van der Waals surface area contributed by atoms with Gasteiger partial charge in [0.05, 0.1) is 22.9 Å². The van der Waals surface area contributed by atoms with Crippen molar-refractivity contribution in [3.63, 3.8) is 0 Å². The van der Waals surface area contributed by atoms with Crippen molar-refractivity contribution < 1.29 is 22.7 Å². The van der Waals surface area contributed by atoms with Crippen LogP contribution in [-0.2, 0) is 6.18 Å². The maximum absolute atomic E-state index is 13.0. The highest BCUT2D eigenvalue weighted by Gasteiger charge is 2.31. The second-order valence-corrected chi connectivity index (χ2v) is 6.07. The minimum atomic E-state index is -4.43. The fraction of sp³-hybridized carbons (Fsp3) is 0.278. The summed E-state index contributed by atoms with van der Waals surface area (Å²) < 4.78 is 51.7. The number of alkyl halides is 3. The van der Waals surface area contributed by atoms with E-state index in [0.717, 1.165) is 12.1 Å². The maximum atomic E-state index is 13.0.